The van der Waals surface area contributed by atoms with Gasteiger partial charge in [0.15, 0.2) is 5.78 Å². The summed E-state index contributed by atoms with van der Waals surface area (Å²) in [6.45, 7) is 8.41. The largest absolute Gasteiger partial charge is 0.337 e. The molecule has 0 saturated heterocycles. The van der Waals surface area contributed by atoms with Crippen molar-refractivity contribution in [1.82, 2.24) is 5.16 Å². The van der Waals surface area contributed by atoms with Crippen molar-refractivity contribution in [2.24, 2.45) is 0 Å². The Balaban J connectivity index is 1.87. The highest BCUT2D eigenvalue weighted by molar-refractivity contribution is 7.96. The van der Waals surface area contributed by atoms with Crippen molar-refractivity contribution in [2.45, 2.75) is 39.9 Å². The van der Waals surface area contributed by atoms with Gasteiger partial charge in [0, 0.05) is 11.1 Å². The lowest BCUT2D eigenvalue weighted by molar-refractivity contribution is -0.112. The Bertz CT molecular complexity index is 1300. The molecule has 0 radical (unpaired) electrons. The summed E-state index contributed by atoms with van der Waals surface area (Å²) >= 11 is 5.37. The molecule has 32 heavy (non-hydrogen) atoms. The minimum atomic E-state index is -4.06. The van der Waals surface area contributed by atoms with Crippen LogP contribution in [0.3, 0.4) is 0 Å². The van der Waals surface area contributed by atoms with Crippen molar-refractivity contribution in [3.8, 4) is 0 Å². The summed E-state index contributed by atoms with van der Waals surface area (Å²) in [4.78, 5) is 25.0. The molecule has 1 unspecified atom stereocenters. The highest BCUT2D eigenvalue weighted by atomic mass is 32.2. The molecule has 1 amide bonds. The molecule has 1 aromatic carbocycles. The number of amides is 1. The first-order valence-corrected chi connectivity index (χ1v) is 11.7. The van der Waals surface area contributed by atoms with E-state index in [4.69, 9.17) is 16.7 Å². The Morgan fingerprint density at radius 3 is 2.44 bits per heavy atom. The van der Waals surface area contributed by atoms with Gasteiger partial charge in [-0.3, -0.25) is 9.59 Å². The van der Waals surface area contributed by atoms with E-state index in [0.29, 0.717) is 28.1 Å². The van der Waals surface area contributed by atoms with Crippen LogP contribution in [0.15, 0.2) is 40.5 Å². The van der Waals surface area contributed by atoms with E-state index < -0.39 is 21.2 Å². The summed E-state index contributed by atoms with van der Waals surface area (Å²) < 4.78 is 33.3. The summed E-state index contributed by atoms with van der Waals surface area (Å²) in [5, 5.41) is 5.20. The molecular formula is C22H23N3O5S2. The van der Waals surface area contributed by atoms with E-state index in [-0.39, 0.29) is 22.1 Å². The fraction of sp³-hybridized carbons (Fsp3) is 0.273. The predicted molar refractivity (Wildman–Crippen MR) is 127 cm³/mol. The fourth-order valence-electron chi connectivity index (χ4n) is 3.30. The Morgan fingerprint density at radius 1 is 1.16 bits per heavy atom. The van der Waals surface area contributed by atoms with Gasteiger partial charge in [-0.25, -0.2) is 13.1 Å². The Morgan fingerprint density at radius 2 is 1.84 bits per heavy atom. The number of nitrogens with zero attached hydrogens (tertiary/aromatic N) is 1. The van der Waals surface area contributed by atoms with Gasteiger partial charge in [0.25, 0.3) is 5.91 Å². The molecule has 1 aromatic heterocycles. The van der Waals surface area contributed by atoms with E-state index in [9.17, 15) is 18.0 Å². The number of hydrogen-bond donors (Lipinski definition) is 2. The molecule has 1 atom stereocenters. The molecular weight excluding hydrogens is 450 g/mol. The first kappa shape index (κ1) is 23.6. The van der Waals surface area contributed by atoms with Crippen molar-refractivity contribution >= 4 is 50.4 Å². The van der Waals surface area contributed by atoms with Crippen LogP contribution < -0.4 is 10.0 Å². The van der Waals surface area contributed by atoms with Gasteiger partial charge in [0.2, 0.25) is 15.9 Å². The second-order valence-electron chi connectivity index (χ2n) is 7.63. The first-order valence-electron chi connectivity index (χ1n) is 9.73. The lowest BCUT2D eigenvalue weighted by Gasteiger charge is -2.21. The molecule has 2 N–H and O–H groups in total. The normalized spacial score (nSPS) is 16.0. The van der Waals surface area contributed by atoms with Crippen molar-refractivity contribution < 1.29 is 22.5 Å². The highest BCUT2D eigenvalue weighted by Crippen LogP contribution is 2.27. The Labute approximate surface area is 191 Å². The minimum absolute atomic E-state index is 0.000588. The van der Waals surface area contributed by atoms with Crippen LogP contribution in [0.2, 0.25) is 0 Å². The maximum atomic E-state index is 13.0. The van der Waals surface area contributed by atoms with E-state index in [1.165, 1.54) is 25.2 Å². The number of anilines is 2. The number of benzene rings is 1. The van der Waals surface area contributed by atoms with Gasteiger partial charge in [-0.15, -0.1) is 0 Å². The van der Waals surface area contributed by atoms with Crippen molar-refractivity contribution in [3.05, 3.63) is 63.9 Å². The topological polar surface area (TPSA) is 118 Å². The molecule has 1 aliphatic carbocycles. The van der Waals surface area contributed by atoms with Crippen LogP contribution in [0.5, 0.6) is 0 Å². The van der Waals surface area contributed by atoms with Gasteiger partial charge < -0.3 is 9.84 Å². The molecule has 2 aromatic rings. The van der Waals surface area contributed by atoms with Crippen LogP contribution in [0.25, 0.3) is 0 Å². The number of carbonyl (C=O) groups excluding carboxylic acids is 2. The van der Waals surface area contributed by atoms with Crippen LogP contribution in [0.4, 0.5) is 11.6 Å². The number of thiocarbonyl (C=S) groups is 1. The number of ketones is 1. The standard InChI is InChI=1S/C22H23N3O5S2/c1-11-9-12(2)19(17(10-11)15(5)26)23-21(27)16-7-6-8-18(20(16)31)32(28,29)25-22-13(3)14(4)24-30-22/h6-10,18,25H,1-5H3,(H,23,27). The number of allylic oxidation sites excluding steroid dienone is 2. The summed E-state index contributed by atoms with van der Waals surface area (Å²) in [7, 11) is -4.06. The van der Waals surface area contributed by atoms with Crippen molar-refractivity contribution in [2.75, 3.05) is 10.0 Å². The number of carbonyl (C=O) groups is 2. The summed E-state index contributed by atoms with van der Waals surface area (Å²) in [5.74, 6) is -0.795. The van der Waals surface area contributed by atoms with E-state index in [0.717, 1.165) is 5.56 Å². The number of nitrogens with one attached hydrogen (secondary N) is 2. The maximum absolute atomic E-state index is 13.0. The first-order chi connectivity index (χ1) is 14.9. The maximum Gasteiger partial charge on any atom is 0.256 e. The summed E-state index contributed by atoms with van der Waals surface area (Å²) in [6, 6.07) is 3.53. The van der Waals surface area contributed by atoms with Crippen LogP contribution in [-0.4, -0.2) is 35.4 Å². The zero-order valence-corrected chi connectivity index (χ0v) is 19.9. The molecule has 0 aliphatic heterocycles. The van der Waals surface area contributed by atoms with Crippen molar-refractivity contribution in [3.63, 3.8) is 0 Å². The number of aryl methyl sites for hydroxylation is 3. The van der Waals surface area contributed by atoms with E-state index in [2.05, 4.69) is 15.2 Å². The molecule has 0 bridgehead atoms. The van der Waals surface area contributed by atoms with Gasteiger partial charge in [-0.05, 0) is 57.9 Å². The fourth-order valence-corrected chi connectivity index (χ4v) is 5.20. The Hall–Kier alpha value is -3.11. The molecule has 1 aliphatic rings. The summed E-state index contributed by atoms with van der Waals surface area (Å²) in [6.07, 6.45) is 4.30. The van der Waals surface area contributed by atoms with Crippen LogP contribution in [-0.2, 0) is 14.8 Å². The van der Waals surface area contributed by atoms with Gasteiger partial charge in [0.1, 0.15) is 5.25 Å². The van der Waals surface area contributed by atoms with E-state index in [1.54, 1.807) is 26.8 Å². The molecule has 0 saturated carbocycles. The average molecular weight is 474 g/mol. The van der Waals surface area contributed by atoms with Crippen molar-refractivity contribution in [1.29, 1.82) is 0 Å². The number of sulfonamides is 1. The van der Waals surface area contributed by atoms with Crippen LogP contribution in [0.1, 0.15) is 39.7 Å². The monoisotopic (exact) mass is 473 g/mol. The molecule has 3 rings (SSSR count). The second-order valence-corrected chi connectivity index (χ2v) is 9.88. The number of aromatic nitrogens is 1. The molecule has 10 heteroatoms. The number of Topliss-reactive ketones (excluding diaryl/α,β-unsaturated/α-hetero) is 1. The molecule has 168 valence electrons. The van der Waals surface area contributed by atoms with Gasteiger partial charge in [-0.2, -0.15) is 0 Å². The van der Waals surface area contributed by atoms with Gasteiger partial charge >= 0.3 is 0 Å². The molecule has 8 nitrogen and oxygen atoms in total. The Kier molecular flexibility index (Phi) is 6.47. The van der Waals surface area contributed by atoms with Gasteiger partial charge in [-0.1, -0.05) is 35.6 Å². The van der Waals surface area contributed by atoms with Crippen LogP contribution >= 0.6 is 12.2 Å². The smallest absolute Gasteiger partial charge is 0.256 e. The lowest BCUT2D eigenvalue weighted by atomic mass is 9.99. The third-order valence-electron chi connectivity index (χ3n) is 5.14. The third-order valence-corrected chi connectivity index (χ3v) is 7.30. The predicted octanol–water partition coefficient (Wildman–Crippen LogP) is 3.73. The zero-order chi connectivity index (χ0) is 23.8. The minimum Gasteiger partial charge on any atom is -0.337 e. The molecule has 0 spiro atoms. The molecule has 1 heterocycles. The van der Waals surface area contributed by atoms with Crippen LogP contribution in [0, 0.1) is 27.7 Å². The quantitative estimate of drug-likeness (QED) is 0.485. The number of hydrogen-bond acceptors (Lipinski definition) is 7. The van der Waals surface area contributed by atoms with E-state index in [1.807, 2.05) is 13.0 Å². The highest BCUT2D eigenvalue weighted by Gasteiger charge is 2.34. The summed E-state index contributed by atoms with van der Waals surface area (Å²) in [5.41, 5.74) is 3.48. The zero-order valence-electron chi connectivity index (χ0n) is 18.3. The third kappa shape index (κ3) is 4.56. The lowest BCUT2D eigenvalue weighted by Crippen LogP contribution is -2.37. The molecule has 0 fully saturated rings. The SMILES string of the molecule is CC(=O)c1cc(C)cc(C)c1NC(=O)C1=CC=CC(S(=O)(=O)Nc2onc(C)c2C)C1=S. The van der Waals surface area contributed by atoms with E-state index >= 15 is 0 Å². The average Bonchev–Trinajstić information content (AvgIpc) is 3.01. The second kappa shape index (κ2) is 8.79. The number of rotatable bonds is 6. The van der Waals surface area contributed by atoms with Gasteiger partial charge in [0.05, 0.1) is 21.8 Å².